The highest BCUT2D eigenvalue weighted by atomic mass is 32.2. The fourth-order valence-corrected chi connectivity index (χ4v) is 6.11. The van der Waals surface area contributed by atoms with Crippen LogP contribution < -0.4 is 4.90 Å². The Bertz CT molecular complexity index is 1250. The predicted octanol–water partition coefficient (Wildman–Crippen LogP) is 4.06. The first-order valence-electron chi connectivity index (χ1n) is 9.70. The number of thiophene rings is 1. The lowest BCUT2D eigenvalue weighted by Gasteiger charge is -2.35. The maximum Gasteiger partial charge on any atom is 0.416 e. The molecule has 11 heteroatoms. The van der Waals surface area contributed by atoms with Crippen molar-refractivity contribution in [3.05, 3.63) is 59.0 Å². The zero-order valence-corrected chi connectivity index (χ0v) is 18.3. The lowest BCUT2D eigenvalue weighted by atomic mass is 10.1. The van der Waals surface area contributed by atoms with E-state index in [9.17, 15) is 26.4 Å². The van der Waals surface area contributed by atoms with Gasteiger partial charge in [-0.1, -0.05) is 0 Å². The minimum atomic E-state index is -4.40. The Morgan fingerprint density at radius 1 is 1.03 bits per heavy atom. The van der Waals surface area contributed by atoms with Crippen molar-refractivity contribution in [2.75, 3.05) is 31.1 Å². The third-order valence-electron chi connectivity index (χ3n) is 5.40. The van der Waals surface area contributed by atoms with Crippen molar-refractivity contribution in [2.24, 2.45) is 0 Å². The number of carbonyl (C=O) groups is 1. The molecule has 1 aliphatic rings. The summed E-state index contributed by atoms with van der Waals surface area (Å²) in [4.78, 5) is 13.0. The molecule has 0 bridgehead atoms. The number of benzene rings is 2. The molecule has 0 aliphatic carbocycles. The Morgan fingerprint density at radius 2 is 1.69 bits per heavy atom. The minimum absolute atomic E-state index is 0.0954. The first-order chi connectivity index (χ1) is 15.1. The number of piperazine rings is 1. The molecular formula is C21H19F3N2O4S2. The summed E-state index contributed by atoms with van der Waals surface area (Å²) in [5.74, 6) is -0.989. The van der Waals surface area contributed by atoms with Gasteiger partial charge in [-0.25, -0.2) is 8.42 Å². The number of rotatable bonds is 5. The summed E-state index contributed by atoms with van der Waals surface area (Å²) in [6, 6.07) is 9.52. The van der Waals surface area contributed by atoms with E-state index in [4.69, 9.17) is 5.11 Å². The number of anilines is 1. The molecule has 0 unspecified atom stereocenters. The van der Waals surface area contributed by atoms with Gasteiger partial charge in [-0.2, -0.15) is 17.5 Å². The number of hydrogen-bond donors (Lipinski definition) is 1. The van der Waals surface area contributed by atoms with Crippen LogP contribution in [0.25, 0.3) is 10.1 Å². The molecule has 32 heavy (non-hydrogen) atoms. The van der Waals surface area contributed by atoms with Crippen LogP contribution in [-0.2, 0) is 27.4 Å². The number of carboxylic acids is 1. The quantitative estimate of drug-likeness (QED) is 0.591. The van der Waals surface area contributed by atoms with Crippen LogP contribution in [0.1, 0.15) is 11.1 Å². The molecule has 2 heterocycles. The molecule has 0 radical (unpaired) electrons. The Morgan fingerprint density at radius 3 is 2.28 bits per heavy atom. The van der Waals surface area contributed by atoms with Crippen molar-refractivity contribution in [1.82, 2.24) is 4.31 Å². The van der Waals surface area contributed by atoms with E-state index in [1.807, 2.05) is 4.90 Å². The standard InChI is InChI=1S/C21H19F3N2O4S2/c22-21(23,24)15-1-3-16(4-2-15)25-7-9-26(10-8-25)32(29,30)17-5-6-19-18(12-17)14(13-31-19)11-20(27)28/h1-6,12-13H,7-11H2,(H,27,28). The average Bonchev–Trinajstić information content (AvgIpc) is 3.15. The molecule has 1 N–H and O–H groups in total. The number of fused-ring (bicyclic) bond motifs is 1. The van der Waals surface area contributed by atoms with Crippen molar-refractivity contribution in [2.45, 2.75) is 17.5 Å². The number of halogens is 3. The van der Waals surface area contributed by atoms with Gasteiger partial charge in [0, 0.05) is 36.6 Å². The number of nitrogens with zero attached hydrogens (tertiary/aromatic N) is 2. The van der Waals surface area contributed by atoms with Gasteiger partial charge in [-0.05, 0) is 58.8 Å². The van der Waals surface area contributed by atoms with Crippen LogP contribution in [0.2, 0.25) is 0 Å². The molecule has 170 valence electrons. The summed E-state index contributed by atoms with van der Waals surface area (Å²) in [7, 11) is -3.79. The summed E-state index contributed by atoms with van der Waals surface area (Å²) >= 11 is 1.36. The number of sulfonamides is 1. The molecule has 2 aromatic carbocycles. The first-order valence-corrected chi connectivity index (χ1v) is 12.0. The van der Waals surface area contributed by atoms with Crippen LogP contribution in [0.15, 0.2) is 52.7 Å². The van der Waals surface area contributed by atoms with E-state index in [0.29, 0.717) is 29.7 Å². The number of hydrogen-bond acceptors (Lipinski definition) is 5. The molecule has 0 atom stereocenters. The highest BCUT2D eigenvalue weighted by Crippen LogP contribution is 2.32. The van der Waals surface area contributed by atoms with Gasteiger partial charge in [0.05, 0.1) is 16.9 Å². The molecule has 1 aromatic heterocycles. The summed E-state index contributed by atoms with van der Waals surface area (Å²) in [6.07, 6.45) is -4.59. The van der Waals surface area contributed by atoms with Crippen LogP contribution in [-0.4, -0.2) is 50.0 Å². The number of aliphatic carboxylic acids is 1. The van der Waals surface area contributed by atoms with Gasteiger partial charge in [0.25, 0.3) is 0 Å². The van der Waals surface area contributed by atoms with E-state index >= 15 is 0 Å². The fraction of sp³-hybridized carbons (Fsp3) is 0.286. The third kappa shape index (κ3) is 4.45. The molecule has 0 amide bonds. The molecule has 1 saturated heterocycles. The second-order valence-electron chi connectivity index (χ2n) is 7.43. The smallest absolute Gasteiger partial charge is 0.416 e. The van der Waals surface area contributed by atoms with E-state index in [1.165, 1.54) is 39.9 Å². The Balaban J connectivity index is 1.50. The van der Waals surface area contributed by atoms with E-state index in [0.717, 1.165) is 16.8 Å². The van der Waals surface area contributed by atoms with Crippen LogP contribution >= 0.6 is 11.3 Å². The van der Waals surface area contributed by atoms with Gasteiger partial charge in [0.1, 0.15) is 0 Å². The van der Waals surface area contributed by atoms with Gasteiger partial charge < -0.3 is 10.0 Å². The van der Waals surface area contributed by atoms with Crippen LogP contribution in [0, 0.1) is 0 Å². The van der Waals surface area contributed by atoms with E-state index in [-0.39, 0.29) is 24.4 Å². The largest absolute Gasteiger partial charge is 0.481 e. The molecule has 0 spiro atoms. The fourth-order valence-electron chi connectivity index (χ4n) is 3.72. The predicted molar refractivity (Wildman–Crippen MR) is 116 cm³/mol. The van der Waals surface area contributed by atoms with E-state index < -0.39 is 27.7 Å². The lowest BCUT2D eigenvalue weighted by Crippen LogP contribution is -2.48. The second-order valence-corrected chi connectivity index (χ2v) is 10.3. The Labute approximate surface area is 186 Å². The van der Waals surface area contributed by atoms with Gasteiger partial charge in [-0.3, -0.25) is 4.79 Å². The van der Waals surface area contributed by atoms with E-state index in [2.05, 4.69) is 0 Å². The second kappa shape index (κ2) is 8.38. The van der Waals surface area contributed by atoms with Crippen LogP contribution in [0.5, 0.6) is 0 Å². The molecule has 1 aliphatic heterocycles. The maximum absolute atomic E-state index is 13.2. The zero-order chi connectivity index (χ0) is 23.1. The SMILES string of the molecule is O=C(O)Cc1csc2ccc(S(=O)(=O)N3CCN(c4ccc(C(F)(F)F)cc4)CC3)cc12. The lowest BCUT2D eigenvalue weighted by molar-refractivity contribution is -0.138. The molecule has 3 aromatic rings. The minimum Gasteiger partial charge on any atom is -0.481 e. The van der Waals surface area contributed by atoms with Crippen molar-refractivity contribution in [3.63, 3.8) is 0 Å². The third-order valence-corrected chi connectivity index (χ3v) is 8.31. The summed E-state index contributed by atoms with van der Waals surface area (Å²) in [6.45, 7) is 1.06. The summed E-state index contributed by atoms with van der Waals surface area (Å²) < 4.78 is 66.7. The maximum atomic E-state index is 13.2. The number of carboxylic acid groups (broad SMARTS) is 1. The molecule has 0 saturated carbocycles. The number of alkyl halides is 3. The van der Waals surface area contributed by atoms with Crippen molar-refractivity contribution < 1.29 is 31.5 Å². The molecular weight excluding hydrogens is 465 g/mol. The van der Waals surface area contributed by atoms with Crippen LogP contribution in [0.4, 0.5) is 18.9 Å². The van der Waals surface area contributed by atoms with E-state index in [1.54, 1.807) is 11.4 Å². The normalized spacial score (nSPS) is 15.9. The van der Waals surface area contributed by atoms with Crippen molar-refractivity contribution in [1.29, 1.82) is 0 Å². The summed E-state index contributed by atoms with van der Waals surface area (Å²) in [5, 5.41) is 11.4. The molecule has 1 fully saturated rings. The monoisotopic (exact) mass is 484 g/mol. The zero-order valence-electron chi connectivity index (χ0n) is 16.7. The molecule has 4 rings (SSSR count). The van der Waals surface area contributed by atoms with Gasteiger partial charge in [0.15, 0.2) is 0 Å². The highest BCUT2D eigenvalue weighted by molar-refractivity contribution is 7.89. The van der Waals surface area contributed by atoms with Crippen molar-refractivity contribution >= 4 is 43.1 Å². The first kappa shape index (κ1) is 22.6. The van der Waals surface area contributed by atoms with Gasteiger partial charge in [0.2, 0.25) is 10.0 Å². The summed E-state index contributed by atoms with van der Waals surface area (Å²) in [5.41, 5.74) is 0.447. The van der Waals surface area contributed by atoms with Crippen LogP contribution in [0.3, 0.4) is 0 Å². The Hall–Kier alpha value is -2.63. The average molecular weight is 485 g/mol. The van der Waals surface area contributed by atoms with Gasteiger partial charge >= 0.3 is 12.1 Å². The topological polar surface area (TPSA) is 77.9 Å². The highest BCUT2D eigenvalue weighted by Gasteiger charge is 2.31. The van der Waals surface area contributed by atoms with Gasteiger partial charge in [-0.15, -0.1) is 11.3 Å². The molecule has 6 nitrogen and oxygen atoms in total. The van der Waals surface area contributed by atoms with Crippen molar-refractivity contribution in [3.8, 4) is 0 Å². The Kier molecular flexibility index (Phi) is 5.91.